The van der Waals surface area contributed by atoms with E-state index in [2.05, 4.69) is 10.1 Å². The summed E-state index contributed by atoms with van der Waals surface area (Å²) >= 11 is 0. The van der Waals surface area contributed by atoms with Crippen LogP contribution in [-0.2, 0) is 0 Å². The highest BCUT2D eigenvalue weighted by Crippen LogP contribution is 2.30. The normalized spacial score (nSPS) is 13.2. The minimum Gasteiger partial charge on any atom is -0.334 e. The molecule has 0 radical (unpaired) electrons. The van der Waals surface area contributed by atoms with Crippen LogP contribution in [0.4, 0.5) is 5.69 Å². The molecule has 0 amide bonds. The third-order valence-corrected chi connectivity index (χ3v) is 2.98. The van der Waals surface area contributed by atoms with E-state index in [0.717, 1.165) is 0 Å². The quantitative estimate of drug-likeness (QED) is 0.682. The first-order chi connectivity index (χ1) is 9.29. The number of aromatic nitrogens is 2. The summed E-state index contributed by atoms with van der Waals surface area (Å²) in [5, 5.41) is 14.5. The molecule has 0 spiro atoms. The Bertz CT molecular complexity index is 613. The maximum absolute atomic E-state index is 10.6. The summed E-state index contributed by atoms with van der Waals surface area (Å²) in [6, 6.07) is 5.57. The van der Waals surface area contributed by atoms with Crippen molar-refractivity contribution in [2.45, 2.75) is 26.8 Å². The third-order valence-electron chi connectivity index (χ3n) is 2.98. The second-order valence-electron chi connectivity index (χ2n) is 5.61. The SMILES string of the molecule is CC(C)(C)C(N)c1noc(-c2ccc([N+](=O)[O-])cc2)n1. The highest BCUT2D eigenvalue weighted by molar-refractivity contribution is 5.55. The molecule has 0 fully saturated rings. The molecule has 2 N–H and O–H groups in total. The largest absolute Gasteiger partial charge is 0.334 e. The minimum absolute atomic E-state index is 0.0138. The van der Waals surface area contributed by atoms with Crippen molar-refractivity contribution in [2.24, 2.45) is 11.1 Å². The van der Waals surface area contributed by atoms with Crippen LogP contribution in [0.3, 0.4) is 0 Å². The van der Waals surface area contributed by atoms with E-state index in [9.17, 15) is 10.1 Å². The van der Waals surface area contributed by atoms with Gasteiger partial charge in [0.2, 0.25) is 0 Å². The Morgan fingerprint density at radius 2 is 1.90 bits per heavy atom. The smallest absolute Gasteiger partial charge is 0.269 e. The molecule has 7 nitrogen and oxygen atoms in total. The predicted octanol–water partition coefficient (Wildman–Crippen LogP) is 2.69. The van der Waals surface area contributed by atoms with Crippen LogP contribution in [-0.4, -0.2) is 15.1 Å². The number of nitro groups is 1. The number of nitro benzene ring substituents is 1. The van der Waals surface area contributed by atoms with E-state index >= 15 is 0 Å². The molecule has 1 heterocycles. The van der Waals surface area contributed by atoms with Crippen molar-refractivity contribution in [2.75, 3.05) is 0 Å². The second kappa shape index (κ2) is 5.01. The van der Waals surface area contributed by atoms with E-state index in [4.69, 9.17) is 10.3 Å². The fourth-order valence-corrected chi connectivity index (χ4v) is 1.59. The molecule has 2 rings (SSSR count). The van der Waals surface area contributed by atoms with Gasteiger partial charge in [-0.2, -0.15) is 4.98 Å². The molecule has 1 unspecified atom stereocenters. The van der Waals surface area contributed by atoms with Crippen LogP contribution in [0.1, 0.15) is 32.6 Å². The molecular weight excluding hydrogens is 260 g/mol. The van der Waals surface area contributed by atoms with Crippen molar-refractivity contribution >= 4 is 5.69 Å². The summed E-state index contributed by atoms with van der Waals surface area (Å²) in [7, 11) is 0. The lowest BCUT2D eigenvalue weighted by molar-refractivity contribution is -0.384. The average Bonchev–Trinajstić information content (AvgIpc) is 2.86. The van der Waals surface area contributed by atoms with Crippen LogP contribution in [0.25, 0.3) is 11.5 Å². The van der Waals surface area contributed by atoms with Gasteiger partial charge in [-0.1, -0.05) is 25.9 Å². The zero-order valence-electron chi connectivity index (χ0n) is 11.5. The predicted molar refractivity (Wildman–Crippen MR) is 72.8 cm³/mol. The van der Waals surface area contributed by atoms with E-state index in [1.165, 1.54) is 12.1 Å². The zero-order chi connectivity index (χ0) is 14.9. The number of rotatable bonds is 3. The number of hydrogen-bond donors (Lipinski definition) is 1. The summed E-state index contributed by atoms with van der Waals surface area (Å²) in [4.78, 5) is 14.4. The molecule has 0 aliphatic heterocycles. The lowest BCUT2D eigenvalue weighted by atomic mass is 9.87. The summed E-state index contributed by atoms with van der Waals surface area (Å²) < 4.78 is 5.16. The van der Waals surface area contributed by atoms with Gasteiger partial charge in [0.25, 0.3) is 11.6 Å². The molecule has 0 saturated heterocycles. The van der Waals surface area contributed by atoms with E-state index < -0.39 is 4.92 Å². The van der Waals surface area contributed by atoms with E-state index in [0.29, 0.717) is 17.3 Å². The van der Waals surface area contributed by atoms with Crippen LogP contribution in [0.5, 0.6) is 0 Å². The summed E-state index contributed by atoms with van der Waals surface area (Å²) in [5.41, 5.74) is 6.50. The van der Waals surface area contributed by atoms with Crippen molar-refractivity contribution in [3.05, 3.63) is 40.2 Å². The van der Waals surface area contributed by atoms with Gasteiger partial charge in [0, 0.05) is 17.7 Å². The van der Waals surface area contributed by atoms with Gasteiger partial charge in [-0.15, -0.1) is 0 Å². The first-order valence-corrected chi connectivity index (χ1v) is 6.13. The second-order valence-corrected chi connectivity index (χ2v) is 5.61. The Labute approximate surface area is 115 Å². The molecular formula is C13H16N4O3. The van der Waals surface area contributed by atoms with Gasteiger partial charge < -0.3 is 10.3 Å². The van der Waals surface area contributed by atoms with Gasteiger partial charge in [-0.05, 0) is 17.5 Å². The Morgan fingerprint density at radius 1 is 1.30 bits per heavy atom. The van der Waals surface area contributed by atoms with Crippen LogP contribution in [0.15, 0.2) is 28.8 Å². The Balaban J connectivity index is 2.27. The summed E-state index contributed by atoms with van der Waals surface area (Å²) in [6.07, 6.45) is 0. The van der Waals surface area contributed by atoms with E-state index in [-0.39, 0.29) is 17.1 Å². The number of benzene rings is 1. The summed E-state index contributed by atoms with van der Waals surface area (Å²) in [6.45, 7) is 5.96. The molecule has 106 valence electrons. The lowest BCUT2D eigenvalue weighted by Crippen LogP contribution is -2.27. The molecule has 7 heteroatoms. The van der Waals surface area contributed by atoms with Crippen molar-refractivity contribution < 1.29 is 9.45 Å². The standard InChI is InChI=1S/C13H16N4O3/c1-13(2,3)10(14)11-15-12(20-16-11)8-4-6-9(7-5-8)17(18)19/h4-7,10H,14H2,1-3H3. The van der Waals surface area contributed by atoms with Crippen LogP contribution in [0, 0.1) is 15.5 Å². The molecule has 0 aliphatic carbocycles. The summed E-state index contributed by atoms with van der Waals surface area (Å²) in [5.74, 6) is 0.723. The molecule has 1 atom stereocenters. The fraction of sp³-hybridized carbons (Fsp3) is 0.385. The van der Waals surface area contributed by atoms with Gasteiger partial charge in [0.05, 0.1) is 11.0 Å². The zero-order valence-corrected chi connectivity index (χ0v) is 11.5. The molecule has 0 bridgehead atoms. The molecule has 20 heavy (non-hydrogen) atoms. The van der Waals surface area contributed by atoms with Crippen molar-refractivity contribution in [1.29, 1.82) is 0 Å². The Morgan fingerprint density at radius 3 is 2.40 bits per heavy atom. The first kappa shape index (κ1) is 14.1. The Kier molecular flexibility index (Phi) is 3.54. The molecule has 0 aliphatic rings. The molecule has 2 aromatic rings. The lowest BCUT2D eigenvalue weighted by Gasteiger charge is -2.23. The molecule has 1 aromatic heterocycles. The monoisotopic (exact) mass is 276 g/mol. The van der Waals surface area contributed by atoms with Gasteiger partial charge in [-0.3, -0.25) is 10.1 Å². The fourth-order valence-electron chi connectivity index (χ4n) is 1.59. The van der Waals surface area contributed by atoms with Gasteiger partial charge in [0.1, 0.15) is 0 Å². The Hall–Kier alpha value is -2.28. The van der Waals surface area contributed by atoms with Crippen molar-refractivity contribution in [3.63, 3.8) is 0 Å². The topological polar surface area (TPSA) is 108 Å². The van der Waals surface area contributed by atoms with Crippen molar-refractivity contribution in [1.82, 2.24) is 10.1 Å². The number of nitrogens with two attached hydrogens (primary N) is 1. The average molecular weight is 276 g/mol. The van der Waals surface area contributed by atoms with Gasteiger partial charge >= 0.3 is 0 Å². The number of nitrogens with zero attached hydrogens (tertiary/aromatic N) is 3. The van der Waals surface area contributed by atoms with Crippen molar-refractivity contribution in [3.8, 4) is 11.5 Å². The first-order valence-electron chi connectivity index (χ1n) is 6.13. The number of hydrogen-bond acceptors (Lipinski definition) is 6. The van der Waals surface area contributed by atoms with Gasteiger partial charge in [0.15, 0.2) is 5.82 Å². The van der Waals surface area contributed by atoms with E-state index in [1.54, 1.807) is 12.1 Å². The highest BCUT2D eigenvalue weighted by Gasteiger charge is 2.27. The number of non-ortho nitro benzene ring substituents is 1. The van der Waals surface area contributed by atoms with Crippen LogP contribution < -0.4 is 5.73 Å². The van der Waals surface area contributed by atoms with E-state index in [1.807, 2.05) is 20.8 Å². The van der Waals surface area contributed by atoms with Crippen LogP contribution in [0.2, 0.25) is 0 Å². The van der Waals surface area contributed by atoms with Gasteiger partial charge in [-0.25, -0.2) is 0 Å². The minimum atomic E-state index is -0.460. The third kappa shape index (κ3) is 2.83. The maximum atomic E-state index is 10.6. The van der Waals surface area contributed by atoms with Crippen LogP contribution >= 0.6 is 0 Å². The highest BCUT2D eigenvalue weighted by atomic mass is 16.6. The molecule has 1 aromatic carbocycles. The maximum Gasteiger partial charge on any atom is 0.269 e. The molecule has 0 saturated carbocycles.